The van der Waals surface area contributed by atoms with Gasteiger partial charge in [-0.25, -0.2) is 9.37 Å². The van der Waals surface area contributed by atoms with Gasteiger partial charge in [0, 0.05) is 0 Å². The van der Waals surface area contributed by atoms with E-state index >= 15 is 0 Å². The molecule has 106 valence electrons. The molecule has 0 spiro atoms. The van der Waals surface area contributed by atoms with Gasteiger partial charge in [0.1, 0.15) is 11.6 Å². The van der Waals surface area contributed by atoms with E-state index < -0.39 is 5.82 Å². The highest BCUT2D eigenvalue weighted by molar-refractivity contribution is 6.16. The summed E-state index contributed by atoms with van der Waals surface area (Å²) in [5.74, 6) is -0.128. The zero-order valence-corrected chi connectivity index (χ0v) is 12.1. The molecule has 1 aromatic heterocycles. The van der Waals surface area contributed by atoms with Crippen molar-refractivity contribution in [3.63, 3.8) is 0 Å². The molecule has 0 saturated heterocycles. The van der Waals surface area contributed by atoms with E-state index in [-0.39, 0.29) is 17.1 Å². The molecular formula is C16H12ClFN2O. The van der Waals surface area contributed by atoms with Gasteiger partial charge in [0.15, 0.2) is 0 Å². The summed E-state index contributed by atoms with van der Waals surface area (Å²) in [5.41, 5.74) is 1.19. The summed E-state index contributed by atoms with van der Waals surface area (Å²) in [6.45, 7) is 1.79. The van der Waals surface area contributed by atoms with Crippen molar-refractivity contribution in [2.24, 2.45) is 0 Å². The molecule has 3 aromatic rings. The number of aromatic nitrogens is 2. The van der Waals surface area contributed by atoms with Crippen LogP contribution in [0.5, 0.6) is 0 Å². The first kappa shape index (κ1) is 13.8. The predicted molar refractivity (Wildman–Crippen MR) is 81.6 cm³/mol. The second-order valence-electron chi connectivity index (χ2n) is 4.77. The highest BCUT2D eigenvalue weighted by Crippen LogP contribution is 2.18. The zero-order valence-electron chi connectivity index (χ0n) is 11.3. The molecule has 1 heterocycles. The fraction of sp³-hybridized carbons (Fsp3) is 0.125. The van der Waals surface area contributed by atoms with E-state index in [4.69, 9.17) is 11.6 Å². The van der Waals surface area contributed by atoms with Gasteiger partial charge in [-0.2, -0.15) is 0 Å². The largest absolute Gasteiger partial charge is 0.268 e. The van der Waals surface area contributed by atoms with Gasteiger partial charge in [0.25, 0.3) is 5.56 Å². The number of aryl methyl sites for hydroxylation is 1. The Morgan fingerprint density at radius 1 is 1.24 bits per heavy atom. The van der Waals surface area contributed by atoms with Gasteiger partial charge in [-0.1, -0.05) is 18.2 Å². The molecule has 3 nitrogen and oxygen atoms in total. The number of nitrogens with zero attached hydrogens (tertiary/aromatic N) is 2. The Kier molecular flexibility index (Phi) is 3.47. The SMILES string of the molecule is Cc1ccc(-n2c(CCl)nc3ccccc3c2=O)c(F)c1. The predicted octanol–water partition coefficient (Wildman–Crippen LogP) is 3.57. The van der Waals surface area contributed by atoms with E-state index in [1.54, 1.807) is 43.3 Å². The summed E-state index contributed by atoms with van der Waals surface area (Å²) in [6, 6.07) is 11.7. The lowest BCUT2D eigenvalue weighted by atomic mass is 10.2. The quantitative estimate of drug-likeness (QED) is 0.678. The number of rotatable bonds is 2. The van der Waals surface area contributed by atoms with E-state index in [9.17, 15) is 9.18 Å². The molecule has 0 aliphatic heterocycles. The van der Waals surface area contributed by atoms with Crippen LogP contribution in [0.3, 0.4) is 0 Å². The topological polar surface area (TPSA) is 34.9 Å². The number of hydrogen-bond donors (Lipinski definition) is 0. The molecule has 5 heteroatoms. The van der Waals surface area contributed by atoms with Crippen LogP contribution in [0.25, 0.3) is 16.6 Å². The average molecular weight is 303 g/mol. The van der Waals surface area contributed by atoms with Gasteiger partial charge < -0.3 is 0 Å². The van der Waals surface area contributed by atoms with Gasteiger partial charge in [-0.3, -0.25) is 9.36 Å². The molecule has 0 saturated carbocycles. The van der Waals surface area contributed by atoms with Gasteiger partial charge in [0.05, 0.1) is 22.5 Å². The monoisotopic (exact) mass is 302 g/mol. The van der Waals surface area contributed by atoms with Crippen molar-refractivity contribution in [2.75, 3.05) is 0 Å². The Labute approximate surface area is 125 Å². The smallest absolute Gasteiger partial charge is 0.266 e. The van der Waals surface area contributed by atoms with E-state index in [1.807, 2.05) is 0 Å². The van der Waals surface area contributed by atoms with Crippen LogP contribution in [-0.2, 0) is 5.88 Å². The van der Waals surface area contributed by atoms with E-state index in [0.29, 0.717) is 16.7 Å². The first-order chi connectivity index (χ1) is 10.1. The maximum atomic E-state index is 14.2. The summed E-state index contributed by atoms with van der Waals surface area (Å²) in [4.78, 5) is 17.0. The first-order valence-corrected chi connectivity index (χ1v) is 6.98. The molecule has 0 amide bonds. The van der Waals surface area contributed by atoms with Crippen molar-refractivity contribution in [2.45, 2.75) is 12.8 Å². The van der Waals surface area contributed by atoms with Crippen molar-refractivity contribution >= 4 is 22.5 Å². The summed E-state index contributed by atoms with van der Waals surface area (Å²) in [7, 11) is 0. The lowest BCUT2D eigenvalue weighted by Gasteiger charge is -2.13. The van der Waals surface area contributed by atoms with Gasteiger partial charge >= 0.3 is 0 Å². The van der Waals surface area contributed by atoms with E-state index in [1.165, 1.54) is 10.6 Å². The lowest BCUT2D eigenvalue weighted by Crippen LogP contribution is -2.24. The third kappa shape index (κ3) is 2.32. The number of benzene rings is 2. The van der Waals surface area contributed by atoms with Crippen molar-refractivity contribution in [3.8, 4) is 5.69 Å². The van der Waals surface area contributed by atoms with Crippen molar-refractivity contribution in [1.82, 2.24) is 9.55 Å². The standard InChI is InChI=1S/C16H12ClFN2O/c1-10-6-7-14(12(18)8-10)20-15(9-17)19-13-5-3-2-4-11(13)16(20)21/h2-8H,9H2,1H3. The van der Waals surface area contributed by atoms with Crippen LogP contribution in [0.1, 0.15) is 11.4 Å². The second-order valence-corrected chi connectivity index (χ2v) is 5.04. The third-order valence-corrected chi connectivity index (χ3v) is 3.55. The highest BCUT2D eigenvalue weighted by atomic mass is 35.5. The van der Waals surface area contributed by atoms with Gasteiger partial charge in [0.2, 0.25) is 0 Å². The molecule has 0 fully saturated rings. The van der Waals surface area contributed by atoms with Crippen molar-refractivity contribution in [3.05, 3.63) is 70.0 Å². The molecule has 0 aliphatic carbocycles. The number of halogens is 2. The third-order valence-electron chi connectivity index (χ3n) is 3.31. The maximum absolute atomic E-state index is 14.2. The molecule has 0 radical (unpaired) electrons. The molecule has 0 bridgehead atoms. The minimum atomic E-state index is -0.472. The summed E-state index contributed by atoms with van der Waals surface area (Å²) in [5, 5.41) is 0.436. The molecule has 3 rings (SSSR count). The summed E-state index contributed by atoms with van der Waals surface area (Å²) >= 11 is 5.89. The van der Waals surface area contributed by atoms with Crippen LogP contribution in [-0.4, -0.2) is 9.55 Å². The molecule has 0 unspecified atom stereocenters. The molecule has 2 aromatic carbocycles. The fourth-order valence-electron chi connectivity index (χ4n) is 2.31. The van der Waals surface area contributed by atoms with E-state index in [2.05, 4.69) is 4.98 Å². The van der Waals surface area contributed by atoms with Crippen LogP contribution in [0.4, 0.5) is 4.39 Å². The Balaban J connectivity index is 2.41. The fourth-order valence-corrected chi connectivity index (χ4v) is 2.49. The number of alkyl halides is 1. The maximum Gasteiger partial charge on any atom is 0.266 e. The van der Waals surface area contributed by atoms with Crippen LogP contribution >= 0.6 is 11.6 Å². The Hall–Kier alpha value is -2.20. The first-order valence-electron chi connectivity index (χ1n) is 6.45. The molecule has 0 N–H and O–H groups in total. The molecular weight excluding hydrogens is 291 g/mol. The minimum Gasteiger partial charge on any atom is -0.268 e. The van der Waals surface area contributed by atoms with Crippen molar-refractivity contribution < 1.29 is 4.39 Å². The lowest BCUT2D eigenvalue weighted by molar-refractivity contribution is 0.612. The highest BCUT2D eigenvalue weighted by Gasteiger charge is 2.14. The molecule has 21 heavy (non-hydrogen) atoms. The zero-order chi connectivity index (χ0) is 15.0. The molecule has 0 atom stereocenters. The van der Waals surface area contributed by atoms with Crippen LogP contribution in [0, 0.1) is 12.7 Å². The van der Waals surface area contributed by atoms with Crippen molar-refractivity contribution in [1.29, 1.82) is 0 Å². The number of hydrogen-bond acceptors (Lipinski definition) is 2. The van der Waals surface area contributed by atoms with Crippen LogP contribution in [0.15, 0.2) is 47.3 Å². The van der Waals surface area contributed by atoms with Gasteiger partial charge in [-0.15, -0.1) is 11.6 Å². The summed E-state index contributed by atoms with van der Waals surface area (Å²) < 4.78 is 15.4. The van der Waals surface area contributed by atoms with Crippen LogP contribution < -0.4 is 5.56 Å². The number of para-hydroxylation sites is 1. The average Bonchev–Trinajstić information content (AvgIpc) is 2.48. The van der Waals surface area contributed by atoms with Crippen LogP contribution in [0.2, 0.25) is 0 Å². The minimum absolute atomic E-state index is 0.0212. The Bertz CT molecular complexity index is 889. The second kappa shape index (κ2) is 5.30. The Morgan fingerprint density at radius 3 is 2.71 bits per heavy atom. The van der Waals surface area contributed by atoms with Gasteiger partial charge in [-0.05, 0) is 36.8 Å². The normalized spacial score (nSPS) is 11.0. The number of fused-ring (bicyclic) bond motifs is 1. The summed E-state index contributed by atoms with van der Waals surface area (Å²) in [6.07, 6.45) is 0. The van der Waals surface area contributed by atoms with E-state index in [0.717, 1.165) is 5.56 Å². The molecule has 0 aliphatic rings. The Morgan fingerprint density at radius 2 is 2.00 bits per heavy atom.